The molecule has 1 aromatic carbocycles. The number of benzene rings is 1. The standard InChI is InChI=1S/C21H30Cl2N2O2S/c1-24(19(28)14-15-8-9-16(22)17(23)13-15)18-7-6-10-21(26-2,27-3)20(18)25-11-4-5-12-25/h8-9,13,18,20H,4-7,10-12,14H2,1-3H3. The molecule has 3 rings (SSSR count). The van der Waals surface area contributed by atoms with Crippen LogP contribution in [0.4, 0.5) is 0 Å². The maximum atomic E-state index is 6.18. The number of methoxy groups -OCH3 is 2. The Morgan fingerprint density at radius 2 is 1.86 bits per heavy atom. The van der Waals surface area contributed by atoms with Crippen LogP contribution >= 0.6 is 35.4 Å². The summed E-state index contributed by atoms with van der Waals surface area (Å²) in [5.74, 6) is -0.583. The minimum atomic E-state index is -0.583. The van der Waals surface area contributed by atoms with E-state index in [-0.39, 0.29) is 12.1 Å². The van der Waals surface area contributed by atoms with Crippen LogP contribution in [-0.2, 0) is 15.9 Å². The first-order chi connectivity index (χ1) is 13.4. The first-order valence-electron chi connectivity index (χ1n) is 9.96. The van der Waals surface area contributed by atoms with Crippen molar-refractivity contribution in [2.45, 2.75) is 56.4 Å². The van der Waals surface area contributed by atoms with E-state index in [1.54, 1.807) is 14.2 Å². The van der Waals surface area contributed by atoms with E-state index >= 15 is 0 Å². The number of ether oxygens (including phenoxy) is 2. The molecule has 7 heteroatoms. The van der Waals surface area contributed by atoms with E-state index in [2.05, 4.69) is 16.8 Å². The summed E-state index contributed by atoms with van der Waals surface area (Å²) in [6, 6.07) is 6.13. The van der Waals surface area contributed by atoms with Crippen molar-refractivity contribution in [2.75, 3.05) is 34.4 Å². The highest BCUT2D eigenvalue weighted by Gasteiger charge is 2.51. The predicted octanol–water partition coefficient (Wildman–Crippen LogP) is 4.80. The number of hydrogen-bond donors (Lipinski definition) is 0. The van der Waals surface area contributed by atoms with Gasteiger partial charge in [-0.1, -0.05) is 41.5 Å². The minimum Gasteiger partial charge on any atom is -0.364 e. The molecular weight excluding hydrogens is 415 g/mol. The van der Waals surface area contributed by atoms with Gasteiger partial charge in [-0.25, -0.2) is 0 Å². The molecule has 0 radical (unpaired) electrons. The van der Waals surface area contributed by atoms with Crippen LogP contribution in [-0.4, -0.2) is 67.0 Å². The second-order valence-electron chi connectivity index (χ2n) is 7.80. The molecule has 1 saturated heterocycles. The van der Waals surface area contributed by atoms with Crippen molar-refractivity contribution in [1.82, 2.24) is 9.80 Å². The number of nitrogens with zero attached hydrogens (tertiary/aromatic N) is 2. The Hall–Kier alpha value is -0.430. The Morgan fingerprint density at radius 1 is 1.18 bits per heavy atom. The molecule has 2 aliphatic rings. The fourth-order valence-corrected chi connectivity index (χ4v) is 5.39. The summed E-state index contributed by atoms with van der Waals surface area (Å²) in [5.41, 5.74) is 1.07. The second kappa shape index (κ2) is 9.59. The summed E-state index contributed by atoms with van der Waals surface area (Å²) in [6.45, 7) is 2.17. The van der Waals surface area contributed by atoms with E-state index < -0.39 is 5.79 Å². The lowest BCUT2D eigenvalue weighted by molar-refractivity contribution is -0.264. The SMILES string of the molecule is COC1(OC)CCCC(N(C)C(=S)Cc2ccc(Cl)c(Cl)c2)C1N1CCCC1. The molecule has 2 unspecified atom stereocenters. The Morgan fingerprint density at radius 3 is 2.46 bits per heavy atom. The maximum Gasteiger partial charge on any atom is 0.185 e. The molecule has 2 atom stereocenters. The van der Waals surface area contributed by atoms with Crippen LogP contribution in [0.15, 0.2) is 18.2 Å². The zero-order valence-corrected chi connectivity index (χ0v) is 19.2. The zero-order chi connectivity index (χ0) is 20.3. The smallest absolute Gasteiger partial charge is 0.185 e. The summed E-state index contributed by atoms with van der Waals surface area (Å²) in [4.78, 5) is 5.69. The van der Waals surface area contributed by atoms with Crippen LogP contribution in [0, 0.1) is 0 Å². The molecule has 1 heterocycles. The van der Waals surface area contributed by atoms with Gasteiger partial charge in [0.25, 0.3) is 0 Å². The van der Waals surface area contributed by atoms with Crippen LogP contribution in [0.25, 0.3) is 0 Å². The van der Waals surface area contributed by atoms with E-state index in [1.165, 1.54) is 12.8 Å². The largest absolute Gasteiger partial charge is 0.364 e. The van der Waals surface area contributed by atoms with E-state index in [4.69, 9.17) is 44.9 Å². The Bertz CT molecular complexity index is 693. The zero-order valence-electron chi connectivity index (χ0n) is 16.9. The van der Waals surface area contributed by atoms with Gasteiger partial charge in [0.1, 0.15) is 0 Å². The lowest BCUT2D eigenvalue weighted by Gasteiger charge is -2.52. The van der Waals surface area contributed by atoms with Gasteiger partial charge in [0.15, 0.2) is 5.79 Å². The van der Waals surface area contributed by atoms with Gasteiger partial charge in [-0.2, -0.15) is 0 Å². The monoisotopic (exact) mass is 444 g/mol. The molecule has 0 N–H and O–H groups in total. The van der Waals surface area contributed by atoms with E-state index in [0.29, 0.717) is 16.5 Å². The van der Waals surface area contributed by atoms with Crippen LogP contribution < -0.4 is 0 Å². The van der Waals surface area contributed by atoms with Crippen molar-refractivity contribution in [3.63, 3.8) is 0 Å². The molecule has 0 aromatic heterocycles. The summed E-state index contributed by atoms with van der Waals surface area (Å²) < 4.78 is 12.0. The quantitative estimate of drug-likeness (QED) is 0.463. The number of halogens is 2. The molecule has 1 saturated carbocycles. The Kier molecular flexibility index (Phi) is 7.62. The van der Waals surface area contributed by atoms with E-state index in [1.807, 2.05) is 18.2 Å². The number of likely N-dealkylation sites (tertiary alicyclic amines) is 1. The third-order valence-electron chi connectivity index (χ3n) is 6.30. The van der Waals surface area contributed by atoms with Gasteiger partial charge in [-0.05, 0) is 56.5 Å². The number of rotatable bonds is 6. The van der Waals surface area contributed by atoms with Gasteiger partial charge in [0.05, 0.1) is 21.1 Å². The molecular formula is C21H30Cl2N2O2S. The Labute approximate surface area is 184 Å². The molecule has 1 aliphatic heterocycles. The van der Waals surface area contributed by atoms with E-state index in [0.717, 1.165) is 42.9 Å². The van der Waals surface area contributed by atoms with Crippen molar-refractivity contribution in [3.05, 3.63) is 33.8 Å². The van der Waals surface area contributed by atoms with Crippen LogP contribution in [0.5, 0.6) is 0 Å². The summed E-state index contributed by atoms with van der Waals surface area (Å²) in [5, 5.41) is 1.13. The van der Waals surface area contributed by atoms with Gasteiger partial charge in [0.2, 0.25) is 0 Å². The first-order valence-corrected chi connectivity index (χ1v) is 11.1. The lowest BCUT2D eigenvalue weighted by Crippen LogP contribution is -2.66. The lowest BCUT2D eigenvalue weighted by atomic mass is 9.82. The van der Waals surface area contributed by atoms with Gasteiger partial charge >= 0.3 is 0 Å². The fourth-order valence-electron chi connectivity index (χ4n) is 4.77. The highest BCUT2D eigenvalue weighted by atomic mass is 35.5. The highest BCUT2D eigenvalue weighted by Crippen LogP contribution is 2.39. The molecule has 0 amide bonds. The molecule has 0 spiro atoms. The average Bonchev–Trinajstić information content (AvgIpc) is 3.23. The number of thiocarbonyl (C=S) groups is 1. The van der Waals surface area contributed by atoms with E-state index in [9.17, 15) is 0 Å². The first kappa shape index (κ1) is 22.3. The minimum absolute atomic E-state index is 0.163. The van der Waals surface area contributed by atoms with Crippen molar-refractivity contribution < 1.29 is 9.47 Å². The third-order valence-corrected chi connectivity index (χ3v) is 7.47. The fraction of sp³-hybridized carbons (Fsp3) is 0.667. The summed E-state index contributed by atoms with van der Waals surface area (Å²) >= 11 is 18.1. The maximum absolute atomic E-state index is 6.18. The molecule has 28 heavy (non-hydrogen) atoms. The molecule has 2 fully saturated rings. The Balaban J connectivity index is 1.81. The van der Waals surface area contributed by atoms with Crippen molar-refractivity contribution in [2.24, 2.45) is 0 Å². The second-order valence-corrected chi connectivity index (χ2v) is 9.08. The summed E-state index contributed by atoms with van der Waals surface area (Å²) in [6.07, 6.45) is 6.16. The van der Waals surface area contributed by atoms with Gasteiger partial charge < -0.3 is 14.4 Å². The molecule has 0 bridgehead atoms. The number of hydrogen-bond acceptors (Lipinski definition) is 4. The van der Waals surface area contributed by atoms with Gasteiger partial charge in [0, 0.05) is 40.2 Å². The van der Waals surface area contributed by atoms with Crippen molar-refractivity contribution in [3.8, 4) is 0 Å². The van der Waals surface area contributed by atoms with Crippen LogP contribution in [0.2, 0.25) is 10.0 Å². The molecule has 156 valence electrons. The average molecular weight is 445 g/mol. The van der Waals surface area contributed by atoms with Crippen molar-refractivity contribution >= 4 is 40.4 Å². The summed E-state index contributed by atoms with van der Waals surface area (Å²) in [7, 11) is 5.64. The third kappa shape index (κ3) is 4.50. The van der Waals surface area contributed by atoms with Crippen molar-refractivity contribution in [1.29, 1.82) is 0 Å². The highest BCUT2D eigenvalue weighted by molar-refractivity contribution is 7.80. The normalized spacial score (nSPS) is 25.0. The topological polar surface area (TPSA) is 24.9 Å². The van der Waals surface area contributed by atoms with Crippen LogP contribution in [0.3, 0.4) is 0 Å². The van der Waals surface area contributed by atoms with Gasteiger partial charge in [-0.15, -0.1) is 0 Å². The molecule has 4 nitrogen and oxygen atoms in total. The number of likely N-dealkylation sites (N-methyl/N-ethyl adjacent to an activating group) is 1. The molecule has 1 aliphatic carbocycles. The van der Waals surface area contributed by atoms with Gasteiger partial charge in [-0.3, -0.25) is 4.90 Å². The molecule has 1 aromatic rings. The predicted molar refractivity (Wildman–Crippen MR) is 120 cm³/mol. The van der Waals surface area contributed by atoms with Crippen LogP contribution in [0.1, 0.15) is 37.7 Å².